The zero-order valence-electron chi connectivity index (χ0n) is 11.9. The molecule has 1 atom stereocenters. The van der Waals surface area contributed by atoms with E-state index in [1.165, 1.54) is 0 Å². The lowest BCUT2D eigenvalue weighted by Crippen LogP contribution is -2.13. The topological polar surface area (TPSA) is 83.4 Å². The quantitative estimate of drug-likeness (QED) is 0.870. The van der Waals surface area contributed by atoms with Gasteiger partial charge in [-0.25, -0.2) is 0 Å². The fraction of sp³-hybridized carbons (Fsp3) is 0.429. The minimum absolute atomic E-state index is 0.326. The lowest BCUT2D eigenvalue weighted by atomic mass is 10.1. The molecule has 0 aliphatic carbocycles. The highest BCUT2D eigenvalue weighted by atomic mass is 16.5. The second kappa shape index (κ2) is 6.49. The van der Waals surface area contributed by atoms with Crippen LogP contribution in [-0.2, 0) is 4.74 Å². The first kappa shape index (κ1) is 14.5. The highest BCUT2D eigenvalue weighted by Crippen LogP contribution is 2.29. The summed E-state index contributed by atoms with van der Waals surface area (Å²) in [5.74, 6) is 1.59. The molecule has 0 radical (unpaired) electrons. The Balaban J connectivity index is 2.24. The Labute approximate surface area is 117 Å². The Kier molecular flexibility index (Phi) is 4.70. The first-order valence-electron chi connectivity index (χ1n) is 6.39. The molecule has 0 bridgehead atoms. The maximum Gasteiger partial charge on any atom is 0.243 e. The van der Waals surface area contributed by atoms with Crippen LogP contribution in [0.5, 0.6) is 5.75 Å². The van der Waals surface area contributed by atoms with E-state index < -0.39 is 0 Å². The molecular formula is C14H19N3O3. The SMILES string of the molecule is COCCC(N)c1nc(-c2ccc(C)cc2OC)no1. The monoisotopic (exact) mass is 277 g/mol. The number of hydrogen-bond acceptors (Lipinski definition) is 6. The van der Waals surface area contributed by atoms with Crippen molar-refractivity contribution in [3.8, 4) is 17.1 Å². The molecule has 0 fully saturated rings. The van der Waals surface area contributed by atoms with E-state index in [1.54, 1.807) is 14.2 Å². The fourth-order valence-corrected chi connectivity index (χ4v) is 1.85. The van der Waals surface area contributed by atoms with Crippen LogP contribution in [0.4, 0.5) is 0 Å². The van der Waals surface area contributed by atoms with Crippen molar-refractivity contribution < 1.29 is 14.0 Å². The van der Waals surface area contributed by atoms with Gasteiger partial charge in [0.1, 0.15) is 5.75 Å². The van der Waals surface area contributed by atoms with Crippen molar-refractivity contribution in [1.29, 1.82) is 0 Å². The molecule has 20 heavy (non-hydrogen) atoms. The Bertz CT molecular complexity index is 569. The smallest absolute Gasteiger partial charge is 0.243 e. The van der Waals surface area contributed by atoms with E-state index in [0.717, 1.165) is 11.1 Å². The second-order valence-corrected chi connectivity index (χ2v) is 4.55. The molecule has 108 valence electrons. The number of ether oxygens (including phenoxy) is 2. The predicted molar refractivity (Wildman–Crippen MR) is 74.4 cm³/mol. The van der Waals surface area contributed by atoms with Gasteiger partial charge in [0.15, 0.2) is 0 Å². The van der Waals surface area contributed by atoms with Gasteiger partial charge in [-0.3, -0.25) is 0 Å². The summed E-state index contributed by atoms with van der Waals surface area (Å²) in [5, 5.41) is 3.97. The van der Waals surface area contributed by atoms with Crippen molar-refractivity contribution in [2.24, 2.45) is 5.73 Å². The van der Waals surface area contributed by atoms with Gasteiger partial charge in [0, 0.05) is 13.7 Å². The minimum Gasteiger partial charge on any atom is -0.496 e. The molecule has 2 aromatic rings. The summed E-state index contributed by atoms with van der Waals surface area (Å²) in [6.45, 7) is 2.54. The molecule has 0 saturated carbocycles. The van der Waals surface area contributed by atoms with Gasteiger partial charge in [-0.2, -0.15) is 4.98 Å². The highest BCUT2D eigenvalue weighted by Gasteiger charge is 2.17. The third-order valence-electron chi connectivity index (χ3n) is 2.99. The molecule has 0 aliphatic rings. The van der Waals surface area contributed by atoms with Crippen LogP contribution < -0.4 is 10.5 Å². The minimum atomic E-state index is -0.326. The van der Waals surface area contributed by atoms with E-state index in [2.05, 4.69) is 10.1 Å². The molecule has 1 aromatic carbocycles. The number of methoxy groups -OCH3 is 2. The fourth-order valence-electron chi connectivity index (χ4n) is 1.85. The maximum absolute atomic E-state index is 5.96. The molecule has 1 unspecified atom stereocenters. The molecule has 2 rings (SSSR count). The van der Waals surface area contributed by atoms with Crippen LogP contribution in [0.25, 0.3) is 11.4 Å². The van der Waals surface area contributed by atoms with Crippen molar-refractivity contribution in [2.45, 2.75) is 19.4 Å². The summed E-state index contributed by atoms with van der Waals surface area (Å²) in [7, 11) is 3.24. The van der Waals surface area contributed by atoms with Crippen LogP contribution in [0.15, 0.2) is 22.7 Å². The number of hydrogen-bond donors (Lipinski definition) is 1. The Morgan fingerprint density at radius 2 is 2.15 bits per heavy atom. The lowest BCUT2D eigenvalue weighted by Gasteiger charge is -2.06. The Morgan fingerprint density at radius 1 is 1.35 bits per heavy atom. The molecule has 0 aliphatic heterocycles. The van der Waals surface area contributed by atoms with Crippen LogP contribution in [0.2, 0.25) is 0 Å². The summed E-state index contributed by atoms with van der Waals surface area (Å²) in [6.07, 6.45) is 0.628. The van der Waals surface area contributed by atoms with Crippen LogP contribution >= 0.6 is 0 Å². The average Bonchev–Trinajstić information content (AvgIpc) is 2.94. The van der Waals surface area contributed by atoms with Crippen molar-refractivity contribution in [2.75, 3.05) is 20.8 Å². The number of benzene rings is 1. The summed E-state index contributed by atoms with van der Waals surface area (Å²) in [5.41, 5.74) is 7.85. The highest BCUT2D eigenvalue weighted by molar-refractivity contribution is 5.64. The van der Waals surface area contributed by atoms with Crippen LogP contribution in [0.1, 0.15) is 23.9 Å². The first-order chi connectivity index (χ1) is 9.65. The van der Waals surface area contributed by atoms with E-state index in [0.29, 0.717) is 30.5 Å². The lowest BCUT2D eigenvalue weighted by molar-refractivity contribution is 0.182. The van der Waals surface area contributed by atoms with Crippen molar-refractivity contribution in [3.63, 3.8) is 0 Å². The molecule has 6 heteroatoms. The largest absolute Gasteiger partial charge is 0.496 e. The van der Waals surface area contributed by atoms with Gasteiger partial charge in [0.05, 0.1) is 18.7 Å². The van der Waals surface area contributed by atoms with E-state index >= 15 is 0 Å². The molecule has 0 saturated heterocycles. The van der Waals surface area contributed by atoms with E-state index in [-0.39, 0.29) is 6.04 Å². The third kappa shape index (κ3) is 3.15. The molecule has 6 nitrogen and oxygen atoms in total. The molecule has 2 N–H and O–H groups in total. The molecule has 0 amide bonds. The standard InChI is InChI=1S/C14H19N3O3/c1-9-4-5-10(12(8-9)19-3)13-16-14(20-17-13)11(15)6-7-18-2/h4-5,8,11H,6-7,15H2,1-3H3. The van der Waals surface area contributed by atoms with Crippen molar-refractivity contribution >= 4 is 0 Å². The van der Waals surface area contributed by atoms with Gasteiger partial charge in [0.2, 0.25) is 11.7 Å². The van der Waals surface area contributed by atoms with Crippen LogP contribution in [-0.4, -0.2) is 31.0 Å². The Hall–Kier alpha value is -1.92. The van der Waals surface area contributed by atoms with Gasteiger partial charge in [-0.15, -0.1) is 0 Å². The van der Waals surface area contributed by atoms with Gasteiger partial charge in [0.25, 0.3) is 0 Å². The zero-order valence-corrected chi connectivity index (χ0v) is 11.9. The van der Waals surface area contributed by atoms with Gasteiger partial charge in [-0.05, 0) is 31.0 Å². The number of nitrogens with two attached hydrogens (primary N) is 1. The molecule has 1 aromatic heterocycles. The summed E-state index contributed by atoms with van der Waals surface area (Å²) in [6, 6.07) is 5.48. The second-order valence-electron chi connectivity index (χ2n) is 4.55. The van der Waals surface area contributed by atoms with E-state index in [4.69, 9.17) is 19.7 Å². The average molecular weight is 277 g/mol. The van der Waals surface area contributed by atoms with Crippen molar-refractivity contribution in [1.82, 2.24) is 10.1 Å². The van der Waals surface area contributed by atoms with E-state index in [1.807, 2.05) is 25.1 Å². The van der Waals surface area contributed by atoms with Gasteiger partial charge in [-0.1, -0.05) is 11.2 Å². The molecular weight excluding hydrogens is 258 g/mol. The third-order valence-corrected chi connectivity index (χ3v) is 2.99. The number of aromatic nitrogens is 2. The number of nitrogens with zero attached hydrogens (tertiary/aromatic N) is 2. The maximum atomic E-state index is 5.96. The number of aryl methyl sites for hydroxylation is 1. The molecule has 1 heterocycles. The first-order valence-corrected chi connectivity index (χ1v) is 6.39. The predicted octanol–water partition coefficient (Wildman–Crippen LogP) is 2.09. The summed E-state index contributed by atoms with van der Waals surface area (Å²) >= 11 is 0. The van der Waals surface area contributed by atoms with Crippen LogP contribution in [0, 0.1) is 6.92 Å². The Morgan fingerprint density at radius 3 is 2.85 bits per heavy atom. The zero-order chi connectivity index (χ0) is 14.5. The summed E-state index contributed by atoms with van der Waals surface area (Å²) < 4.78 is 15.5. The van der Waals surface area contributed by atoms with Gasteiger partial charge < -0.3 is 19.7 Å². The van der Waals surface area contributed by atoms with Gasteiger partial charge >= 0.3 is 0 Å². The molecule has 0 spiro atoms. The van der Waals surface area contributed by atoms with Crippen LogP contribution in [0.3, 0.4) is 0 Å². The van der Waals surface area contributed by atoms with E-state index in [9.17, 15) is 0 Å². The summed E-state index contributed by atoms with van der Waals surface area (Å²) in [4.78, 5) is 4.33. The normalized spacial score (nSPS) is 12.4. The number of rotatable bonds is 6. The van der Waals surface area contributed by atoms with Crippen molar-refractivity contribution in [3.05, 3.63) is 29.7 Å².